The summed E-state index contributed by atoms with van der Waals surface area (Å²) in [6.45, 7) is 2.96. The van der Waals surface area contributed by atoms with Gasteiger partial charge in [-0.1, -0.05) is 24.1 Å². The standard InChI is InChI=1S/C26H32N2O4S/c1-2-13-31-18-21(29)16-27(15-20-8-9-20)17-26(30)28-12-10-25-23(11-14-33-25)24(28)19-32-22-6-4-3-5-7-22/h1,3-7,11,14,20-21,24,29H,8-10,12-13,15-19H2/t21-,24-/m1/s1. The summed E-state index contributed by atoms with van der Waals surface area (Å²) in [7, 11) is 0. The van der Waals surface area contributed by atoms with Crippen molar-refractivity contribution in [2.45, 2.75) is 31.4 Å². The lowest BCUT2D eigenvalue weighted by atomic mass is 10.0. The Balaban J connectivity index is 1.41. The summed E-state index contributed by atoms with van der Waals surface area (Å²) >= 11 is 1.75. The van der Waals surface area contributed by atoms with E-state index in [1.807, 2.05) is 35.2 Å². The third-order valence-corrected chi connectivity index (χ3v) is 7.10. The van der Waals surface area contributed by atoms with Crippen LogP contribution in [-0.4, -0.2) is 72.9 Å². The molecule has 0 unspecified atom stereocenters. The summed E-state index contributed by atoms with van der Waals surface area (Å²) in [5.41, 5.74) is 1.19. The van der Waals surface area contributed by atoms with Crippen LogP contribution < -0.4 is 4.74 Å². The van der Waals surface area contributed by atoms with Crippen LogP contribution >= 0.6 is 11.3 Å². The predicted octanol–water partition coefficient (Wildman–Crippen LogP) is 2.98. The van der Waals surface area contributed by atoms with E-state index >= 15 is 0 Å². The minimum absolute atomic E-state index is 0.0749. The van der Waals surface area contributed by atoms with E-state index in [1.54, 1.807) is 11.3 Å². The van der Waals surface area contributed by atoms with Crippen LogP contribution in [0, 0.1) is 18.3 Å². The molecule has 0 radical (unpaired) electrons. The molecule has 0 spiro atoms. The summed E-state index contributed by atoms with van der Waals surface area (Å²) in [6.07, 6.45) is 7.77. The molecule has 1 aliphatic carbocycles. The van der Waals surface area contributed by atoms with Gasteiger partial charge in [-0.25, -0.2) is 0 Å². The second-order valence-electron chi connectivity index (χ2n) is 8.79. The highest BCUT2D eigenvalue weighted by molar-refractivity contribution is 7.10. The van der Waals surface area contributed by atoms with Crippen LogP contribution in [0.5, 0.6) is 5.75 Å². The number of carbonyl (C=O) groups is 1. The van der Waals surface area contributed by atoms with Crippen LogP contribution in [0.4, 0.5) is 0 Å². The van der Waals surface area contributed by atoms with Crippen LogP contribution in [0.15, 0.2) is 41.8 Å². The van der Waals surface area contributed by atoms with Crippen molar-refractivity contribution in [2.75, 3.05) is 46.0 Å². The Morgan fingerprint density at radius 1 is 1.30 bits per heavy atom. The van der Waals surface area contributed by atoms with Crippen LogP contribution in [0.2, 0.25) is 0 Å². The van der Waals surface area contributed by atoms with Crippen molar-refractivity contribution in [1.82, 2.24) is 9.80 Å². The molecule has 1 aromatic carbocycles. The molecular weight excluding hydrogens is 436 g/mol. The molecule has 1 saturated carbocycles. The third kappa shape index (κ3) is 6.81. The van der Waals surface area contributed by atoms with E-state index in [2.05, 4.69) is 22.3 Å². The number of thiophene rings is 1. The van der Waals surface area contributed by atoms with Gasteiger partial charge in [0.1, 0.15) is 19.0 Å². The highest BCUT2D eigenvalue weighted by atomic mass is 32.1. The molecule has 176 valence electrons. The van der Waals surface area contributed by atoms with E-state index in [1.165, 1.54) is 23.3 Å². The van der Waals surface area contributed by atoms with Crippen LogP contribution in [0.1, 0.15) is 29.3 Å². The molecule has 2 atom stereocenters. The minimum Gasteiger partial charge on any atom is -0.491 e. The molecule has 7 heteroatoms. The van der Waals surface area contributed by atoms with Crippen LogP contribution in [-0.2, 0) is 16.0 Å². The maximum Gasteiger partial charge on any atom is 0.237 e. The number of ether oxygens (including phenoxy) is 2. The number of carbonyl (C=O) groups excluding carboxylic acids is 1. The molecule has 4 rings (SSSR count). The normalized spacial score (nSPS) is 18.6. The number of rotatable bonds is 12. The largest absolute Gasteiger partial charge is 0.491 e. The van der Waals surface area contributed by atoms with Gasteiger partial charge in [-0.05, 0) is 54.3 Å². The van der Waals surface area contributed by atoms with Crippen molar-refractivity contribution in [1.29, 1.82) is 0 Å². The number of terminal acetylenes is 1. The summed E-state index contributed by atoms with van der Waals surface area (Å²) < 4.78 is 11.4. The van der Waals surface area contributed by atoms with E-state index in [0.29, 0.717) is 25.6 Å². The fourth-order valence-corrected chi connectivity index (χ4v) is 5.25. The Hall–Kier alpha value is -2.37. The van der Waals surface area contributed by atoms with Gasteiger partial charge in [0.2, 0.25) is 5.91 Å². The number of fused-ring (bicyclic) bond motifs is 1. The lowest BCUT2D eigenvalue weighted by molar-refractivity contribution is -0.136. The molecule has 0 bridgehead atoms. The number of para-hydroxylation sites is 1. The van der Waals surface area contributed by atoms with Crippen LogP contribution in [0.25, 0.3) is 0 Å². The van der Waals surface area contributed by atoms with Gasteiger partial charge in [0, 0.05) is 24.5 Å². The van der Waals surface area contributed by atoms with E-state index in [9.17, 15) is 9.90 Å². The number of amides is 1. The van der Waals surface area contributed by atoms with Gasteiger partial charge in [-0.2, -0.15) is 0 Å². The van der Waals surface area contributed by atoms with Gasteiger partial charge in [-0.15, -0.1) is 17.8 Å². The van der Waals surface area contributed by atoms with Gasteiger partial charge in [-0.3, -0.25) is 9.69 Å². The Morgan fingerprint density at radius 3 is 2.88 bits per heavy atom. The molecule has 1 aliphatic heterocycles. The average Bonchev–Trinajstić information content (AvgIpc) is 3.50. The number of benzene rings is 1. The van der Waals surface area contributed by atoms with E-state index < -0.39 is 6.10 Å². The molecule has 6 nitrogen and oxygen atoms in total. The fourth-order valence-electron chi connectivity index (χ4n) is 4.32. The molecule has 1 aromatic heterocycles. The second-order valence-corrected chi connectivity index (χ2v) is 9.79. The Morgan fingerprint density at radius 2 is 2.12 bits per heavy atom. The maximum atomic E-state index is 13.5. The predicted molar refractivity (Wildman–Crippen MR) is 129 cm³/mol. The first-order valence-corrected chi connectivity index (χ1v) is 12.5. The summed E-state index contributed by atoms with van der Waals surface area (Å²) in [5.74, 6) is 3.90. The summed E-state index contributed by atoms with van der Waals surface area (Å²) in [5, 5.41) is 12.5. The topological polar surface area (TPSA) is 62.2 Å². The molecular formula is C26H32N2O4S. The molecule has 1 fully saturated rings. The number of hydrogen-bond donors (Lipinski definition) is 1. The summed E-state index contributed by atoms with van der Waals surface area (Å²) in [6, 6.07) is 11.7. The van der Waals surface area contributed by atoms with Crippen molar-refractivity contribution in [3.05, 3.63) is 52.2 Å². The maximum absolute atomic E-state index is 13.5. The van der Waals surface area contributed by atoms with Crippen LogP contribution in [0.3, 0.4) is 0 Å². The highest BCUT2D eigenvalue weighted by Gasteiger charge is 2.34. The molecule has 2 aromatic rings. The zero-order valence-electron chi connectivity index (χ0n) is 18.9. The molecule has 1 amide bonds. The smallest absolute Gasteiger partial charge is 0.237 e. The first-order chi connectivity index (χ1) is 16.1. The van der Waals surface area contributed by atoms with Crippen molar-refractivity contribution in [2.24, 2.45) is 5.92 Å². The van der Waals surface area contributed by atoms with Crippen molar-refractivity contribution in [3.63, 3.8) is 0 Å². The monoisotopic (exact) mass is 468 g/mol. The molecule has 1 N–H and O–H groups in total. The molecule has 0 saturated heterocycles. The molecule has 33 heavy (non-hydrogen) atoms. The first-order valence-electron chi connectivity index (χ1n) is 11.6. The summed E-state index contributed by atoms with van der Waals surface area (Å²) in [4.78, 5) is 18.9. The van der Waals surface area contributed by atoms with Crippen molar-refractivity contribution in [3.8, 4) is 18.1 Å². The number of aliphatic hydroxyl groups excluding tert-OH is 1. The van der Waals surface area contributed by atoms with E-state index in [-0.39, 0.29) is 31.7 Å². The zero-order valence-corrected chi connectivity index (χ0v) is 19.7. The SMILES string of the molecule is C#CCOC[C@H](O)CN(CC(=O)N1CCc2sccc2[C@H]1COc1ccccc1)CC1CC1. The van der Waals surface area contributed by atoms with Crippen molar-refractivity contribution < 1.29 is 19.4 Å². The van der Waals surface area contributed by atoms with Crippen molar-refractivity contribution >= 4 is 17.2 Å². The lowest BCUT2D eigenvalue weighted by Gasteiger charge is -2.37. The minimum atomic E-state index is -0.674. The van der Waals surface area contributed by atoms with Gasteiger partial charge in [0.25, 0.3) is 0 Å². The van der Waals surface area contributed by atoms with E-state index in [4.69, 9.17) is 15.9 Å². The Labute approximate surface area is 200 Å². The Bertz CT molecular complexity index is 937. The lowest BCUT2D eigenvalue weighted by Crippen LogP contribution is -2.48. The third-order valence-electron chi connectivity index (χ3n) is 6.10. The van der Waals surface area contributed by atoms with Gasteiger partial charge in [0.05, 0.1) is 25.3 Å². The Kier molecular flexibility index (Phi) is 8.40. The molecule has 2 aliphatic rings. The zero-order chi connectivity index (χ0) is 23.0. The number of nitrogens with zero attached hydrogens (tertiary/aromatic N) is 2. The van der Waals surface area contributed by atoms with Gasteiger partial charge < -0.3 is 19.5 Å². The fraction of sp³-hybridized carbons (Fsp3) is 0.500. The van der Waals surface area contributed by atoms with Gasteiger partial charge in [0.15, 0.2) is 0 Å². The van der Waals surface area contributed by atoms with Gasteiger partial charge >= 0.3 is 0 Å². The average molecular weight is 469 g/mol. The number of aliphatic hydroxyl groups is 1. The highest BCUT2D eigenvalue weighted by Crippen LogP contribution is 2.34. The quantitative estimate of drug-likeness (QED) is 0.383. The number of hydrogen-bond acceptors (Lipinski definition) is 6. The molecule has 2 heterocycles. The first kappa shape index (κ1) is 23.8. The second kappa shape index (κ2) is 11.7. The van der Waals surface area contributed by atoms with E-state index in [0.717, 1.165) is 18.7 Å².